The van der Waals surface area contributed by atoms with E-state index in [1.165, 1.54) is 4.90 Å². The molecule has 2 aliphatic rings. The topological polar surface area (TPSA) is 96.0 Å². The molecule has 0 saturated heterocycles. The number of carbonyl (C=O) groups excluding carboxylic acids is 4. The summed E-state index contributed by atoms with van der Waals surface area (Å²) in [4.78, 5) is 52.6. The van der Waals surface area contributed by atoms with Crippen LogP contribution in [0.1, 0.15) is 79.6 Å². The number of fused-ring (bicyclic) bond motifs is 2. The van der Waals surface area contributed by atoms with Gasteiger partial charge in [-0.3, -0.25) is 24.1 Å². The molecule has 4 unspecified atom stereocenters. The summed E-state index contributed by atoms with van der Waals surface area (Å²) in [5.41, 5.74) is -0.407. The molecule has 0 aromatic heterocycles. The molecule has 2 bridgehead atoms. The second kappa shape index (κ2) is 15.1. The third kappa shape index (κ3) is 9.58. The molecule has 0 aromatic rings. The van der Waals surface area contributed by atoms with Gasteiger partial charge in [0.25, 0.3) is 0 Å². The number of amides is 4. The van der Waals surface area contributed by atoms with Gasteiger partial charge in [-0.05, 0) is 71.1 Å². The van der Waals surface area contributed by atoms with Crippen molar-refractivity contribution in [1.82, 2.24) is 15.1 Å². The lowest BCUT2D eigenvalue weighted by atomic mass is 9.83. The maximum Gasteiger partial charge on any atom is 0.232 e. The Morgan fingerprint density at radius 1 is 1.13 bits per heavy atom. The molecule has 4 amide bonds. The molecule has 1 saturated carbocycles. The van der Waals surface area contributed by atoms with Gasteiger partial charge in [-0.25, -0.2) is 0 Å². The first-order valence-electron chi connectivity index (χ1n) is 14.1. The quantitative estimate of drug-likeness (QED) is 0.135. The summed E-state index contributed by atoms with van der Waals surface area (Å²) in [6, 6.07) is 0. The van der Waals surface area contributed by atoms with Crippen LogP contribution in [-0.4, -0.2) is 71.8 Å². The van der Waals surface area contributed by atoms with Crippen LogP contribution in [0.5, 0.6) is 0 Å². The van der Waals surface area contributed by atoms with Crippen molar-refractivity contribution >= 4 is 24.1 Å². The number of allylic oxidation sites excluding steroid dienone is 2. The normalized spacial score (nSPS) is 21.8. The van der Waals surface area contributed by atoms with Crippen molar-refractivity contribution in [2.75, 3.05) is 26.2 Å². The largest absolute Gasteiger partial charge is 0.379 e. The highest BCUT2D eigenvalue weighted by Crippen LogP contribution is 2.48. The number of nitrogens with one attached hydrogen (secondary N) is 1. The lowest BCUT2D eigenvalue weighted by molar-refractivity contribution is -0.143. The SMILES string of the molecule is C#CCN(CCC(=O)NC(C)(C)CCOC(C)C)C(=O)CCCCCN(C=O)C(=O)C1C2C=CC(C2)C1C. The zero-order valence-corrected chi connectivity index (χ0v) is 23.9. The number of unbranched alkanes of at least 4 members (excludes halogenated alkanes) is 2. The zero-order valence-electron chi connectivity index (χ0n) is 23.9. The summed E-state index contributed by atoms with van der Waals surface area (Å²) in [5, 5.41) is 3.01. The molecular weight excluding hydrogens is 482 g/mol. The Morgan fingerprint density at radius 2 is 1.84 bits per heavy atom. The number of carbonyl (C=O) groups is 4. The Labute approximate surface area is 228 Å². The Morgan fingerprint density at radius 3 is 2.45 bits per heavy atom. The van der Waals surface area contributed by atoms with Crippen molar-refractivity contribution in [3.63, 3.8) is 0 Å². The van der Waals surface area contributed by atoms with E-state index in [1.54, 1.807) is 4.90 Å². The third-order valence-corrected chi connectivity index (χ3v) is 7.74. The molecule has 8 heteroatoms. The molecule has 2 aliphatic carbocycles. The molecule has 8 nitrogen and oxygen atoms in total. The Kier molecular flexibility index (Phi) is 12.5. The molecule has 0 spiro atoms. The fourth-order valence-corrected chi connectivity index (χ4v) is 5.47. The molecule has 4 atom stereocenters. The number of ether oxygens (including phenoxy) is 1. The summed E-state index contributed by atoms with van der Waals surface area (Å²) in [6.07, 6.45) is 14.7. The molecule has 0 aromatic carbocycles. The van der Waals surface area contributed by atoms with Crippen molar-refractivity contribution in [2.24, 2.45) is 23.7 Å². The molecule has 0 aliphatic heterocycles. The van der Waals surface area contributed by atoms with Gasteiger partial charge in [-0.1, -0.05) is 31.4 Å². The number of nitrogens with zero attached hydrogens (tertiary/aromatic N) is 2. The number of hydrogen-bond acceptors (Lipinski definition) is 5. The lowest BCUT2D eigenvalue weighted by Crippen LogP contribution is -2.45. The average molecular weight is 530 g/mol. The van der Waals surface area contributed by atoms with Gasteiger partial charge < -0.3 is 15.0 Å². The summed E-state index contributed by atoms with van der Waals surface area (Å²) < 4.78 is 5.58. The third-order valence-electron chi connectivity index (χ3n) is 7.74. The first-order chi connectivity index (χ1) is 18.0. The van der Waals surface area contributed by atoms with Crippen molar-refractivity contribution in [3.05, 3.63) is 12.2 Å². The van der Waals surface area contributed by atoms with Gasteiger partial charge in [0.1, 0.15) is 0 Å². The van der Waals surface area contributed by atoms with E-state index in [2.05, 4.69) is 30.3 Å². The van der Waals surface area contributed by atoms with E-state index in [0.717, 1.165) is 6.42 Å². The van der Waals surface area contributed by atoms with Gasteiger partial charge in [0, 0.05) is 44.0 Å². The molecular formula is C30H47N3O5. The van der Waals surface area contributed by atoms with Crippen LogP contribution < -0.4 is 5.32 Å². The number of terminal acetylenes is 1. The van der Waals surface area contributed by atoms with E-state index in [-0.39, 0.29) is 61.1 Å². The molecule has 1 N–H and O–H groups in total. The van der Waals surface area contributed by atoms with Gasteiger partial charge >= 0.3 is 0 Å². The van der Waals surface area contributed by atoms with Crippen LogP contribution in [0.3, 0.4) is 0 Å². The molecule has 0 heterocycles. The van der Waals surface area contributed by atoms with Crippen LogP contribution in [-0.2, 0) is 23.9 Å². The van der Waals surface area contributed by atoms with E-state index in [9.17, 15) is 19.2 Å². The highest BCUT2D eigenvalue weighted by molar-refractivity contribution is 5.89. The molecule has 212 valence electrons. The maximum atomic E-state index is 12.9. The minimum Gasteiger partial charge on any atom is -0.379 e. The first kappa shape index (κ1) is 31.6. The first-order valence-corrected chi connectivity index (χ1v) is 14.1. The predicted molar refractivity (Wildman–Crippen MR) is 148 cm³/mol. The second-order valence-electron chi connectivity index (χ2n) is 11.7. The van der Waals surface area contributed by atoms with Crippen LogP contribution >= 0.6 is 0 Å². The van der Waals surface area contributed by atoms with Gasteiger partial charge in [-0.2, -0.15) is 0 Å². The van der Waals surface area contributed by atoms with Crippen LogP contribution in [0, 0.1) is 36.0 Å². The monoisotopic (exact) mass is 529 g/mol. The van der Waals surface area contributed by atoms with Crippen LogP contribution in [0.25, 0.3) is 0 Å². The van der Waals surface area contributed by atoms with Gasteiger partial charge in [0.2, 0.25) is 24.1 Å². The minimum absolute atomic E-state index is 0.0745. The van der Waals surface area contributed by atoms with E-state index >= 15 is 0 Å². The number of imide groups is 1. The Hall–Kier alpha value is -2.66. The van der Waals surface area contributed by atoms with Gasteiger partial charge in [0.15, 0.2) is 0 Å². The highest BCUT2D eigenvalue weighted by Gasteiger charge is 2.46. The fourth-order valence-electron chi connectivity index (χ4n) is 5.47. The fraction of sp³-hybridized carbons (Fsp3) is 0.733. The predicted octanol–water partition coefficient (Wildman–Crippen LogP) is 3.55. The van der Waals surface area contributed by atoms with Crippen LogP contribution in [0.15, 0.2) is 12.2 Å². The van der Waals surface area contributed by atoms with E-state index in [4.69, 9.17) is 11.2 Å². The van der Waals surface area contributed by atoms with Crippen molar-refractivity contribution in [2.45, 2.75) is 91.2 Å². The van der Waals surface area contributed by atoms with Crippen LogP contribution in [0.2, 0.25) is 0 Å². The van der Waals surface area contributed by atoms with E-state index in [0.29, 0.717) is 57.6 Å². The van der Waals surface area contributed by atoms with Crippen molar-refractivity contribution in [1.29, 1.82) is 0 Å². The lowest BCUT2D eigenvalue weighted by Gasteiger charge is -2.28. The summed E-state index contributed by atoms with van der Waals surface area (Å²) >= 11 is 0. The summed E-state index contributed by atoms with van der Waals surface area (Å²) in [6.45, 7) is 11.3. The Bertz CT molecular complexity index is 891. The molecule has 2 rings (SSSR count). The number of hydrogen-bond donors (Lipinski definition) is 1. The molecule has 0 radical (unpaired) electrons. The van der Waals surface area contributed by atoms with E-state index < -0.39 is 5.54 Å². The van der Waals surface area contributed by atoms with Crippen LogP contribution in [0.4, 0.5) is 0 Å². The van der Waals surface area contributed by atoms with Crippen molar-refractivity contribution in [3.8, 4) is 12.3 Å². The molecule has 1 fully saturated rings. The maximum absolute atomic E-state index is 12.9. The molecule has 38 heavy (non-hydrogen) atoms. The standard InChI is InChI=1S/C30H47N3O5/c1-7-16-32(18-14-26(35)31-30(5,6)15-19-38-22(2)3)27(36)11-9-8-10-17-33(21-34)29(37)28-23(4)24-12-13-25(28)20-24/h1,12-13,21-25,28H,8-11,14-20H2,2-6H3,(H,31,35). The van der Waals surface area contributed by atoms with Gasteiger partial charge in [-0.15, -0.1) is 6.42 Å². The average Bonchev–Trinajstić information content (AvgIpc) is 3.44. The summed E-state index contributed by atoms with van der Waals surface area (Å²) in [7, 11) is 0. The number of rotatable bonds is 17. The smallest absolute Gasteiger partial charge is 0.232 e. The zero-order chi connectivity index (χ0) is 28.3. The van der Waals surface area contributed by atoms with E-state index in [1.807, 2.05) is 27.7 Å². The van der Waals surface area contributed by atoms with Crippen molar-refractivity contribution < 1.29 is 23.9 Å². The second-order valence-corrected chi connectivity index (χ2v) is 11.7. The highest BCUT2D eigenvalue weighted by atomic mass is 16.5. The summed E-state index contributed by atoms with van der Waals surface area (Å²) in [5.74, 6) is 3.07. The Balaban J connectivity index is 1.69. The van der Waals surface area contributed by atoms with Gasteiger partial charge in [0.05, 0.1) is 12.6 Å². The minimum atomic E-state index is -0.407.